The minimum absolute atomic E-state index is 0.0633. The van der Waals surface area contributed by atoms with Gasteiger partial charge in [0.05, 0.1) is 18.7 Å². The van der Waals surface area contributed by atoms with Crippen LogP contribution in [0.1, 0.15) is 43.5 Å². The number of anilines is 1. The van der Waals surface area contributed by atoms with E-state index in [2.05, 4.69) is 0 Å². The minimum atomic E-state index is -1.03. The molecular weight excluding hydrogens is 449 g/mol. The number of hydrogen-bond donors (Lipinski definition) is 2. The predicted octanol–water partition coefficient (Wildman–Crippen LogP) is 5.46. The molecule has 1 unspecified atom stereocenters. The van der Waals surface area contributed by atoms with Gasteiger partial charge in [-0.3, -0.25) is 14.5 Å². The lowest BCUT2D eigenvalue weighted by Gasteiger charge is -2.26. The Hall–Kier alpha value is -4.13. The van der Waals surface area contributed by atoms with Crippen molar-refractivity contribution in [3.8, 4) is 11.5 Å². The first kappa shape index (κ1) is 24.0. The molecule has 6 nitrogen and oxygen atoms in total. The molecule has 2 N–H and O–H groups in total. The van der Waals surface area contributed by atoms with Crippen LogP contribution in [0, 0.1) is 5.82 Å². The van der Waals surface area contributed by atoms with Crippen molar-refractivity contribution >= 4 is 23.1 Å². The standard InChI is InChI=1S/C28H26FNO5/c1-28(2,3)21-15-17(8-13-22(21)35-4)25(32)23-24(16-6-5-7-20(31)14-16)30(27(34)26(23)33)19-11-9-18(29)10-12-19/h5-15,24,31-32H,1-4H3/b25-23-. The maximum atomic E-state index is 13.6. The Bertz CT molecular complexity index is 1340. The number of aliphatic hydroxyl groups excluding tert-OH is 1. The second kappa shape index (κ2) is 8.91. The third-order valence-corrected chi connectivity index (χ3v) is 6.02. The molecule has 0 aliphatic carbocycles. The summed E-state index contributed by atoms with van der Waals surface area (Å²) in [7, 11) is 1.56. The summed E-state index contributed by atoms with van der Waals surface area (Å²) in [6.07, 6.45) is 0. The normalized spacial score (nSPS) is 17.6. The highest BCUT2D eigenvalue weighted by molar-refractivity contribution is 6.51. The van der Waals surface area contributed by atoms with Crippen molar-refractivity contribution in [1.29, 1.82) is 0 Å². The van der Waals surface area contributed by atoms with E-state index in [1.165, 1.54) is 41.3 Å². The average molecular weight is 476 g/mol. The van der Waals surface area contributed by atoms with E-state index in [1.54, 1.807) is 37.4 Å². The number of phenols is 1. The molecule has 1 amide bonds. The van der Waals surface area contributed by atoms with Gasteiger partial charge in [0.15, 0.2) is 0 Å². The van der Waals surface area contributed by atoms with Gasteiger partial charge >= 0.3 is 0 Å². The topological polar surface area (TPSA) is 87.1 Å². The van der Waals surface area contributed by atoms with Crippen LogP contribution in [-0.2, 0) is 15.0 Å². The maximum absolute atomic E-state index is 13.6. The van der Waals surface area contributed by atoms with Crippen molar-refractivity contribution in [3.63, 3.8) is 0 Å². The number of halogens is 1. The van der Waals surface area contributed by atoms with E-state index in [0.29, 0.717) is 16.9 Å². The number of phenolic OH excluding ortho intramolecular Hbond substituents is 1. The van der Waals surface area contributed by atoms with Gasteiger partial charge in [-0.25, -0.2) is 4.39 Å². The number of benzene rings is 3. The van der Waals surface area contributed by atoms with Crippen LogP contribution >= 0.6 is 0 Å². The molecule has 0 aromatic heterocycles. The molecule has 0 radical (unpaired) electrons. The molecule has 7 heteroatoms. The number of rotatable bonds is 4. The van der Waals surface area contributed by atoms with Crippen molar-refractivity contribution in [2.75, 3.05) is 12.0 Å². The third-order valence-electron chi connectivity index (χ3n) is 6.02. The molecule has 3 aromatic rings. The quantitative estimate of drug-likeness (QED) is 0.297. The molecule has 3 aromatic carbocycles. The Morgan fingerprint density at radius 3 is 2.29 bits per heavy atom. The van der Waals surface area contributed by atoms with Gasteiger partial charge in [0.2, 0.25) is 0 Å². The summed E-state index contributed by atoms with van der Waals surface area (Å²) < 4.78 is 19.1. The summed E-state index contributed by atoms with van der Waals surface area (Å²) in [6, 6.07) is 15.3. The summed E-state index contributed by atoms with van der Waals surface area (Å²) in [5, 5.41) is 21.5. The monoisotopic (exact) mass is 475 g/mol. The number of ether oxygens (including phenoxy) is 1. The third kappa shape index (κ3) is 4.37. The van der Waals surface area contributed by atoms with Gasteiger partial charge in [0.1, 0.15) is 23.1 Å². The molecule has 4 rings (SSSR count). The number of carbonyl (C=O) groups is 2. The van der Waals surface area contributed by atoms with Crippen LogP contribution in [0.15, 0.2) is 72.3 Å². The van der Waals surface area contributed by atoms with Crippen LogP contribution < -0.4 is 9.64 Å². The van der Waals surface area contributed by atoms with Crippen molar-refractivity contribution in [2.45, 2.75) is 32.2 Å². The first-order valence-corrected chi connectivity index (χ1v) is 11.1. The second-order valence-electron chi connectivity index (χ2n) is 9.41. The minimum Gasteiger partial charge on any atom is -0.508 e. The average Bonchev–Trinajstić information content (AvgIpc) is 3.08. The van der Waals surface area contributed by atoms with Crippen molar-refractivity contribution in [1.82, 2.24) is 0 Å². The molecular formula is C28H26FNO5. The first-order valence-electron chi connectivity index (χ1n) is 11.1. The van der Waals surface area contributed by atoms with E-state index in [-0.39, 0.29) is 28.2 Å². The Morgan fingerprint density at radius 1 is 1.00 bits per heavy atom. The van der Waals surface area contributed by atoms with E-state index in [4.69, 9.17) is 4.74 Å². The molecule has 0 saturated carbocycles. The lowest BCUT2D eigenvalue weighted by molar-refractivity contribution is -0.132. The smallest absolute Gasteiger partial charge is 0.300 e. The highest BCUT2D eigenvalue weighted by Crippen LogP contribution is 2.43. The number of methoxy groups -OCH3 is 1. The van der Waals surface area contributed by atoms with Gasteiger partial charge in [-0.1, -0.05) is 32.9 Å². The lowest BCUT2D eigenvalue weighted by atomic mass is 9.84. The first-order chi connectivity index (χ1) is 16.5. The Morgan fingerprint density at radius 2 is 1.69 bits per heavy atom. The van der Waals surface area contributed by atoms with Crippen LogP contribution in [0.2, 0.25) is 0 Å². The fourth-order valence-corrected chi connectivity index (χ4v) is 4.31. The van der Waals surface area contributed by atoms with Crippen LogP contribution in [0.5, 0.6) is 11.5 Å². The van der Waals surface area contributed by atoms with Crippen LogP contribution in [0.3, 0.4) is 0 Å². The van der Waals surface area contributed by atoms with E-state index in [9.17, 15) is 24.2 Å². The molecule has 35 heavy (non-hydrogen) atoms. The van der Waals surface area contributed by atoms with E-state index >= 15 is 0 Å². The molecule has 180 valence electrons. The number of aromatic hydroxyl groups is 1. The maximum Gasteiger partial charge on any atom is 0.300 e. The van der Waals surface area contributed by atoms with Gasteiger partial charge in [0, 0.05) is 16.8 Å². The second-order valence-corrected chi connectivity index (χ2v) is 9.41. The number of nitrogens with zero attached hydrogens (tertiary/aromatic N) is 1. The molecule has 1 atom stereocenters. The zero-order valence-electron chi connectivity index (χ0n) is 19.9. The van der Waals surface area contributed by atoms with Crippen molar-refractivity contribution in [2.24, 2.45) is 0 Å². The molecule has 1 aliphatic heterocycles. The summed E-state index contributed by atoms with van der Waals surface area (Å²) in [4.78, 5) is 27.7. The van der Waals surface area contributed by atoms with E-state index < -0.39 is 23.5 Å². The van der Waals surface area contributed by atoms with E-state index in [1.807, 2.05) is 20.8 Å². The number of Topliss-reactive ketones (excluding diaryl/α,β-unsaturated/α-hetero) is 1. The fraction of sp³-hybridized carbons (Fsp3) is 0.214. The van der Waals surface area contributed by atoms with Gasteiger partial charge in [0.25, 0.3) is 11.7 Å². The van der Waals surface area contributed by atoms with Gasteiger partial charge < -0.3 is 14.9 Å². The fourth-order valence-electron chi connectivity index (χ4n) is 4.31. The number of hydrogen-bond acceptors (Lipinski definition) is 5. The van der Waals surface area contributed by atoms with Gasteiger partial charge in [-0.05, 0) is 65.6 Å². The number of carbonyl (C=O) groups excluding carboxylic acids is 2. The molecule has 1 saturated heterocycles. The highest BCUT2D eigenvalue weighted by Gasteiger charge is 2.47. The summed E-state index contributed by atoms with van der Waals surface area (Å²) >= 11 is 0. The van der Waals surface area contributed by atoms with Gasteiger partial charge in [-0.2, -0.15) is 0 Å². The van der Waals surface area contributed by atoms with Crippen molar-refractivity contribution in [3.05, 3.63) is 94.8 Å². The Kier molecular flexibility index (Phi) is 6.11. The summed E-state index contributed by atoms with van der Waals surface area (Å²) in [6.45, 7) is 5.98. The zero-order chi connectivity index (χ0) is 25.5. The Labute approximate surface area is 202 Å². The molecule has 1 aliphatic rings. The number of ketones is 1. The molecule has 1 fully saturated rings. The molecule has 1 heterocycles. The summed E-state index contributed by atoms with van der Waals surface area (Å²) in [5.74, 6) is -2.03. The van der Waals surface area contributed by atoms with Gasteiger partial charge in [-0.15, -0.1) is 0 Å². The largest absolute Gasteiger partial charge is 0.508 e. The van der Waals surface area contributed by atoms with E-state index in [0.717, 1.165) is 5.56 Å². The van der Waals surface area contributed by atoms with Crippen LogP contribution in [-0.4, -0.2) is 29.0 Å². The highest BCUT2D eigenvalue weighted by atomic mass is 19.1. The lowest BCUT2D eigenvalue weighted by Crippen LogP contribution is -2.29. The molecule has 0 bridgehead atoms. The number of aliphatic hydroxyl groups is 1. The zero-order valence-corrected chi connectivity index (χ0v) is 19.9. The molecule has 0 spiro atoms. The van der Waals surface area contributed by atoms with Crippen LogP contribution in [0.4, 0.5) is 10.1 Å². The predicted molar refractivity (Wildman–Crippen MR) is 131 cm³/mol. The summed E-state index contributed by atoms with van der Waals surface area (Å²) in [5.41, 5.74) is 1.40. The Balaban J connectivity index is 1.96. The van der Waals surface area contributed by atoms with Crippen molar-refractivity contribution < 1.29 is 28.9 Å². The SMILES string of the molecule is COc1ccc(/C(O)=C2/C(=O)C(=O)N(c3ccc(F)cc3)C2c2cccc(O)c2)cc1C(C)(C)C. The van der Waals surface area contributed by atoms with Crippen LogP contribution in [0.25, 0.3) is 5.76 Å². The number of amides is 1.